The molecule has 0 amide bonds. The summed E-state index contributed by atoms with van der Waals surface area (Å²) in [5, 5.41) is 11.1. The number of aliphatic hydroxyl groups is 1. The third-order valence-corrected chi connectivity index (χ3v) is 4.20. The molecule has 2 unspecified atom stereocenters. The molecule has 1 aromatic carbocycles. The summed E-state index contributed by atoms with van der Waals surface area (Å²) < 4.78 is 0. The second kappa shape index (κ2) is 4.45. The van der Waals surface area contributed by atoms with Crippen LogP contribution in [0.1, 0.15) is 52.0 Å². The van der Waals surface area contributed by atoms with Gasteiger partial charge < -0.3 is 5.11 Å². The summed E-state index contributed by atoms with van der Waals surface area (Å²) >= 11 is 0. The van der Waals surface area contributed by atoms with Crippen LogP contribution in [0.15, 0.2) is 30.3 Å². The minimum absolute atomic E-state index is 0.158. The van der Waals surface area contributed by atoms with Gasteiger partial charge in [0.25, 0.3) is 0 Å². The van der Waals surface area contributed by atoms with Gasteiger partial charge in [0.15, 0.2) is 0 Å². The van der Waals surface area contributed by atoms with Gasteiger partial charge in [-0.3, -0.25) is 0 Å². The Morgan fingerprint density at radius 1 is 1.12 bits per heavy atom. The topological polar surface area (TPSA) is 20.2 Å². The summed E-state index contributed by atoms with van der Waals surface area (Å²) in [5.74, 6) is 0.353. The molecule has 0 bridgehead atoms. The minimum Gasteiger partial charge on any atom is -0.385 e. The summed E-state index contributed by atoms with van der Waals surface area (Å²) in [7, 11) is 0. The van der Waals surface area contributed by atoms with Crippen LogP contribution in [-0.4, -0.2) is 5.11 Å². The van der Waals surface area contributed by atoms with Gasteiger partial charge in [-0.25, -0.2) is 0 Å². The molecule has 1 nitrogen and oxygen atoms in total. The molecule has 0 radical (unpaired) electrons. The van der Waals surface area contributed by atoms with Gasteiger partial charge in [-0.2, -0.15) is 0 Å². The molecule has 0 aromatic heterocycles. The molecule has 0 spiro atoms. The van der Waals surface area contributed by atoms with Crippen molar-refractivity contribution in [1.29, 1.82) is 0 Å². The van der Waals surface area contributed by atoms with Crippen molar-refractivity contribution in [3.05, 3.63) is 35.9 Å². The second-order valence-corrected chi connectivity index (χ2v) is 6.45. The highest BCUT2D eigenvalue weighted by Gasteiger charge is 2.45. The first-order valence-corrected chi connectivity index (χ1v) is 6.72. The fourth-order valence-electron chi connectivity index (χ4n) is 3.38. The van der Waals surface area contributed by atoms with E-state index in [0.29, 0.717) is 5.92 Å². The lowest BCUT2D eigenvalue weighted by molar-refractivity contribution is -0.0959. The van der Waals surface area contributed by atoms with Crippen molar-refractivity contribution in [3.63, 3.8) is 0 Å². The molecule has 1 N–H and O–H groups in total. The summed E-state index contributed by atoms with van der Waals surface area (Å²) in [5.41, 5.74) is 0.627. The van der Waals surface area contributed by atoms with E-state index in [2.05, 4.69) is 32.9 Å². The van der Waals surface area contributed by atoms with Crippen molar-refractivity contribution in [1.82, 2.24) is 0 Å². The first kappa shape index (κ1) is 12.6. The van der Waals surface area contributed by atoms with E-state index >= 15 is 0 Å². The molecule has 0 heterocycles. The molecule has 1 aromatic rings. The van der Waals surface area contributed by atoms with Gasteiger partial charge in [0.05, 0.1) is 5.60 Å². The fourth-order valence-corrected chi connectivity index (χ4v) is 3.38. The normalized spacial score (nSPS) is 30.2. The van der Waals surface area contributed by atoms with Crippen LogP contribution in [-0.2, 0) is 5.60 Å². The van der Waals surface area contributed by atoms with E-state index in [-0.39, 0.29) is 5.41 Å². The van der Waals surface area contributed by atoms with E-state index in [4.69, 9.17) is 0 Å². The quantitative estimate of drug-likeness (QED) is 0.772. The van der Waals surface area contributed by atoms with E-state index in [1.165, 1.54) is 6.42 Å². The molecule has 0 saturated heterocycles. The molecular formula is C16H24O. The van der Waals surface area contributed by atoms with Crippen molar-refractivity contribution in [2.24, 2.45) is 11.3 Å². The molecule has 1 fully saturated rings. The Kier molecular flexibility index (Phi) is 3.31. The van der Waals surface area contributed by atoms with Crippen LogP contribution in [0.2, 0.25) is 0 Å². The third-order valence-electron chi connectivity index (χ3n) is 4.20. The van der Waals surface area contributed by atoms with E-state index in [1.807, 2.05) is 18.2 Å². The predicted molar refractivity (Wildman–Crippen MR) is 71.8 cm³/mol. The average molecular weight is 232 g/mol. The monoisotopic (exact) mass is 232 g/mol. The van der Waals surface area contributed by atoms with Gasteiger partial charge in [0, 0.05) is 0 Å². The number of benzene rings is 1. The molecule has 1 aliphatic rings. The number of hydrogen-bond donors (Lipinski definition) is 1. The summed E-state index contributed by atoms with van der Waals surface area (Å²) in [6.07, 6.45) is 4.42. The molecule has 2 rings (SSSR count). The molecule has 17 heavy (non-hydrogen) atoms. The maximum atomic E-state index is 11.1. The lowest BCUT2D eigenvalue weighted by Crippen LogP contribution is -2.44. The Balaban J connectivity index is 2.38. The molecule has 0 aliphatic heterocycles. The van der Waals surface area contributed by atoms with Crippen LogP contribution in [0.3, 0.4) is 0 Å². The van der Waals surface area contributed by atoms with Gasteiger partial charge in [0.2, 0.25) is 0 Å². The van der Waals surface area contributed by atoms with Gasteiger partial charge in [0.1, 0.15) is 0 Å². The van der Waals surface area contributed by atoms with Crippen LogP contribution in [0.4, 0.5) is 0 Å². The maximum Gasteiger partial charge on any atom is 0.0929 e. The molecule has 1 aliphatic carbocycles. The molecule has 1 saturated carbocycles. The first-order valence-electron chi connectivity index (χ1n) is 6.72. The Hall–Kier alpha value is -0.820. The molecule has 2 atom stereocenters. The summed E-state index contributed by atoms with van der Waals surface area (Å²) in [6.45, 7) is 6.74. The highest BCUT2D eigenvalue weighted by atomic mass is 16.3. The summed E-state index contributed by atoms with van der Waals surface area (Å²) in [4.78, 5) is 0. The summed E-state index contributed by atoms with van der Waals surface area (Å²) in [6, 6.07) is 10.2. The van der Waals surface area contributed by atoms with Crippen LogP contribution in [0.25, 0.3) is 0 Å². The van der Waals surface area contributed by atoms with E-state index in [0.717, 1.165) is 24.8 Å². The van der Waals surface area contributed by atoms with Gasteiger partial charge in [-0.15, -0.1) is 0 Å². The van der Waals surface area contributed by atoms with E-state index < -0.39 is 5.60 Å². The SMILES string of the molecule is CC(C)(C)C1CCCCC1(O)c1ccccc1. The zero-order valence-corrected chi connectivity index (χ0v) is 11.2. The van der Waals surface area contributed by atoms with Crippen LogP contribution in [0, 0.1) is 11.3 Å². The van der Waals surface area contributed by atoms with Crippen molar-refractivity contribution in [2.75, 3.05) is 0 Å². The fraction of sp³-hybridized carbons (Fsp3) is 0.625. The van der Waals surface area contributed by atoms with Crippen LogP contribution >= 0.6 is 0 Å². The highest BCUT2D eigenvalue weighted by molar-refractivity contribution is 5.24. The minimum atomic E-state index is -0.627. The Morgan fingerprint density at radius 2 is 1.76 bits per heavy atom. The Bertz CT molecular complexity index is 363. The zero-order chi connectivity index (χ0) is 12.5. The van der Waals surface area contributed by atoms with Gasteiger partial charge in [-0.1, -0.05) is 63.9 Å². The molecule has 94 valence electrons. The van der Waals surface area contributed by atoms with E-state index in [1.54, 1.807) is 0 Å². The lowest BCUT2D eigenvalue weighted by Gasteiger charge is -2.47. The van der Waals surface area contributed by atoms with Crippen molar-refractivity contribution in [2.45, 2.75) is 52.1 Å². The van der Waals surface area contributed by atoms with Crippen molar-refractivity contribution in [3.8, 4) is 0 Å². The third kappa shape index (κ3) is 2.40. The first-order chi connectivity index (χ1) is 7.94. The van der Waals surface area contributed by atoms with E-state index in [9.17, 15) is 5.11 Å². The Morgan fingerprint density at radius 3 is 2.35 bits per heavy atom. The Labute approximate surface area is 105 Å². The smallest absolute Gasteiger partial charge is 0.0929 e. The standard InChI is InChI=1S/C16H24O/c1-15(2,3)14-11-7-8-12-16(14,17)13-9-5-4-6-10-13/h4-6,9-10,14,17H,7-8,11-12H2,1-3H3. The lowest BCUT2D eigenvalue weighted by atomic mass is 9.61. The maximum absolute atomic E-state index is 11.1. The average Bonchev–Trinajstić information content (AvgIpc) is 2.29. The number of hydrogen-bond acceptors (Lipinski definition) is 1. The second-order valence-electron chi connectivity index (χ2n) is 6.45. The van der Waals surface area contributed by atoms with Crippen LogP contribution in [0.5, 0.6) is 0 Å². The molecular weight excluding hydrogens is 208 g/mol. The van der Waals surface area contributed by atoms with Gasteiger partial charge in [-0.05, 0) is 29.7 Å². The predicted octanol–water partition coefficient (Wildman–Crippen LogP) is 4.11. The molecule has 1 heteroatoms. The van der Waals surface area contributed by atoms with Gasteiger partial charge >= 0.3 is 0 Å². The van der Waals surface area contributed by atoms with Crippen molar-refractivity contribution >= 4 is 0 Å². The highest BCUT2D eigenvalue weighted by Crippen LogP contribution is 2.49. The zero-order valence-electron chi connectivity index (χ0n) is 11.2. The number of rotatable bonds is 1. The van der Waals surface area contributed by atoms with Crippen LogP contribution < -0.4 is 0 Å². The van der Waals surface area contributed by atoms with Crippen molar-refractivity contribution < 1.29 is 5.11 Å². The largest absolute Gasteiger partial charge is 0.385 e.